The summed E-state index contributed by atoms with van der Waals surface area (Å²) < 4.78 is 19.3. The molecule has 0 aliphatic carbocycles. The van der Waals surface area contributed by atoms with Gasteiger partial charge in [0.05, 0.1) is 0 Å². The van der Waals surface area contributed by atoms with Crippen LogP contribution in [0, 0.1) is 5.82 Å². The van der Waals surface area contributed by atoms with Crippen LogP contribution in [0.2, 0.25) is 0 Å². The highest BCUT2D eigenvalue weighted by Gasteiger charge is 2.15. The van der Waals surface area contributed by atoms with Crippen LogP contribution < -0.4 is 15.4 Å². The van der Waals surface area contributed by atoms with Crippen molar-refractivity contribution in [2.45, 2.75) is 32.9 Å². The summed E-state index contributed by atoms with van der Waals surface area (Å²) in [7, 11) is 1.53. The average Bonchev–Trinajstić information content (AvgIpc) is 2.38. The van der Waals surface area contributed by atoms with E-state index >= 15 is 0 Å². The maximum Gasteiger partial charge on any atom is 0.260 e. The molecule has 0 aromatic heterocycles. The van der Waals surface area contributed by atoms with Crippen molar-refractivity contribution >= 4 is 5.91 Å². The molecule has 0 saturated heterocycles. The second kappa shape index (κ2) is 7.09. The van der Waals surface area contributed by atoms with Crippen molar-refractivity contribution in [2.24, 2.45) is 0 Å². The number of halogens is 1. The Kier molecular flexibility index (Phi) is 5.76. The number of hydrogen-bond acceptors (Lipinski definition) is 3. The summed E-state index contributed by atoms with van der Waals surface area (Å²) in [6.07, 6.45) is -0.651. The Morgan fingerprint density at radius 1 is 1.42 bits per heavy atom. The molecule has 4 nitrogen and oxygen atoms in total. The molecule has 1 aromatic rings. The van der Waals surface area contributed by atoms with Crippen LogP contribution in [0.5, 0.6) is 5.75 Å². The van der Waals surface area contributed by atoms with E-state index in [4.69, 9.17) is 4.74 Å². The lowest BCUT2D eigenvalue weighted by molar-refractivity contribution is -0.126. The molecule has 0 aliphatic rings. The van der Waals surface area contributed by atoms with Gasteiger partial charge in [-0.2, -0.15) is 0 Å². The summed E-state index contributed by atoms with van der Waals surface area (Å²) in [5.41, 5.74) is 0.585. The van der Waals surface area contributed by atoms with Crippen molar-refractivity contribution in [3.05, 3.63) is 29.6 Å². The van der Waals surface area contributed by atoms with E-state index in [2.05, 4.69) is 10.6 Å². The van der Waals surface area contributed by atoms with E-state index in [-0.39, 0.29) is 17.8 Å². The maximum atomic E-state index is 13.9. The fourth-order valence-electron chi connectivity index (χ4n) is 1.81. The topological polar surface area (TPSA) is 50.4 Å². The first-order valence-corrected chi connectivity index (χ1v) is 6.40. The highest BCUT2D eigenvalue weighted by Crippen LogP contribution is 2.22. The van der Waals surface area contributed by atoms with Crippen LogP contribution in [0.3, 0.4) is 0 Å². The molecule has 5 heteroatoms. The van der Waals surface area contributed by atoms with Crippen molar-refractivity contribution in [1.29, 1.82) is 0 Å². The first kappa shape index (κ1) is 15.4. The molecule has 0 aliphatic heterocycles. The number of rotatable bonds is 6. The number of carbonyl (C=O) groups is 1. The fourth-order valence-corrected chi connectivity index (χ4v) is 1.81. The minimum absolute atomic E-state index is 0.0598. The van der Waals surface area contributed by atoms with Gasteiger partial charge in [0.25, 0.3) is 5.91 Å². The van der Waals surface area contributed by atoms with Gasteiger partial charge in [-0.15, -0.1) is 0 Å². The minimum atomic E-state index is -0.651. The molecule has 0 fully saturated rings. The Morgan fingerprint density at radius 2 is 2.11 bits per heavy atom. The molecular weight excluding hydrogens is 247 g/mol. The molecule has 0 saturated carbocycles. The van der Waals surface area contributed by atoms with Crippen LogP contribution in [0.4, 0.5) is 4.39 Å². The van der Waals surface area contributed by atoms with Gasteiger partial charge in [-0.05, 0) is 26.5 Å². The molecule has 0 radical (unpaired) electrons. The van der Waals surface area contributed by atoms with Crippen molar-refractivity contribution in [3.8, 4) is 5.75 Å². The minimum Gasteiger partial charge on any atom is -0.481 e. The number of benzene rings is 1. The Balaban J connectivity index is 2.79. The number of carbonyl (C=O) groups excluding carboxylic acids is 1. The summed E-state index contributed by atoms with van der Waals surface area (Å²) in [4.78, 5) is 11.3. The van der Waals surface area contributed by atoms with Crippen molar-refractivity contribution in [3.63, 3.8) is 0 Å². The Morgan fingerprint density at radius 3 is 2.63 bits per heavy atom. The van der Waals surface area contributed by atoms with E-state index in [9.17, 15) is 9.18 Å². The van der Waals surface area contributed by atoms with Crippen LogP contribution in [0.15, 0.2) is 18.2 Å². The summed E-state index contributed by atoms with van der Waals surface area (Å²) in [5, 5.41) is 5.62. The molecule has 0 heterocycles. The molecule has 2 N–H and O–H groups in total. The molecule has 1 amide bonds. The molecule has 19 heavy (non-hydrogen) atoms. The first-order chi connectivity index (χ1) is 8.99. The third kappa shape index (κ3) is 4.21. The molecule has 1 aromatic carbocycles. The predicted octanol–water partition coefficient (Wildman–Crippen LogP) is 2.01. The molecule has 1 rings (SSSR count). The van der Waals surface area contributed by atoms with E-state index in [0.717, 1.165) is 6.54 Å². The van der Waals surface area contributed by atoms with Gasteiger partial charge in [-0.3, -0.25) is 4.79 Å². The largest absolute Gasteiger partial charge is 0.481 e. The van der Waals surface area contributed by atoms with Crippen LogP contribution in [-0.4, -0.2) is 25.6 Å². The quantitative estimate of drug-likeness (QED) is 0.829. The summed E-state index contributed by atoms with van der Waals surface area (Å²) >= 11 is 0. The zero-order chi connectivity index (χ0) is 14.4. The first-order valence-electron chi connectivity index (χ1n) is 6.40. The maximum absolute atomic E-state index is 13.9. The highest BCUT2D eigenvalue weighted by atomic mass is 19.1. The van der Waals surface area contributed by atoms with Crippen LogP contribution in [0.25, 0.3) is 0 Å². The van der Waals surface area contributed by atoms with Crippen LogP contribution in [-0.2, 0) is 4.79 Å². The zero-order valence-electron chi connectivity index (χ0n) is 11.8. The lowest BCUT2D eigenvalue weighted by Crippen LogP contribution is -2.33. The number of amides is 1. The number of hydrogen-bond donors (Lipinski definition) is 2. The smallest absolute Gasteiger partial charge is 0.260 e. The van der Waals surface area contributed by atoms with Gasteiger partial charge in [-0.1, -0.05) is 13.0 Å². The third-order valence-electron chi connectivity index (χ3n) is 2.88. The van der Waals surface area contributed by atoms with Gasteiger partial charge in [0.15, 0.2) is 6.10 Å². The molecule has 2 unspecified atom stereocenters. The molecule has 0 spiro atoms. The van der Waals surface area contributed by atoms with E-state index < -0.39 is 6.10 Å². The normalized spacial score (nSPS) is 13.7. The molecule has 0 bridgehead atoms. The second-order valence-corrected chi connectivity index (χ2v) is 4.34. The number of ether oxygens (including phenoxy) is 1. The molecule has 2 atom stereocenters. The molecule has 106 valence electrons. The van der Waals surface area contributed by atoms with Gasteiger partial charge in [0, 0.05) is 24.7 Å². The summed E-state index contributed by atoms with van der Waals surface area (Å²) in [6.45, 7) is 6.25. The fraction of sp³-hybridized carbons (Fsp3) is 0.500. The van der Waals surface area contributed by atoms with Crippen molar-refractivity contribution in [2.75, 3.05) is 13.6 Å². The van der Waals surface area contributed by atoms with E-state index in [1.165, 1.54) is 13.1 Å². The number of nitrogens with one attached hydrogen (secondary N) is 2. The highest BCUT2D eigenvalue weighted by molar-refractivity contribution is 5.80. The SMILES string of the molecule is CCNC(C)c1ccc(OC(C)C(=O)NC)cc1F. The Hall–Kier alpha value is -1.62. The summed E-state index contributed by atoms with van der Waals surface area (Å²) in [5.74, 6) is -0.235. The van der Waals surface area contributed by atoms with Gasteiger partial charge in [0.2, 0.25) is 0 Å². The zero-order valence-corrected chi connectivity index (χ0v) is 11.8. The Labute approximate surface area is 113 Å². The third-order valence-corrected chi connectivity index (χ3v) is 2.88. The van der Waals surface area contributed by atoms with Crippen LogP contribution in [0.1, 0.15) is 32.4 Å². The van der Waals surface area contributed by atoms with Crippen molar-refractivity contribution in [1.82, 2.24) is 10.6 Å². The lowest BCUT2D eigenvalue weighted by Gasteiger charge is -2.16. The summed E-state index contributed by atoms with van der Waals surface area (Å²) in [6, 6.07) is 4.60. The van der Waals surface area contributed by atoms with Crippen molar-refractivity contribution < 1.29 is 13.9 Å². The van der Waals surface area contributed by atoms with E-state index in [1.807, 2.05) is 13.8 Å². The standard InChI is InChI=1S/C14H21FN2O2/c1-5-17-9(2)12-7-6-11(8-13(12)15)19-10(3)14(18)16-4/h6-10,17H,5H2,1-4H3,(H,16,18). The van der Waals surface area contributed by atoms with Gasteiger partial charge >= 0.3 is 0 Å². The van der Waals surface area contributed by atoms with Gasteiger partial charge < -0.3 is 15.4 Å². The second-order valence-electron chi connectivity index (χ2n) is 4.34. The average molecular weight is 268 g/mol. The lowest BCUT2D eigenvalue weighted by atomic mass is 10.1. The Bertz CT molecular complexity index is 437. The van der Waals surface area contributed by atoms with Crippen LogP contribution >= 0.6 is 0 Å². The van der Waals surface area contributed by atoms with E-state index in [1.54, 1.807) is 19.1 Å². The molecular formula is C14H21FN2O2. The predicted molar refractivity (Wildman–Crippen MR) is 72.6 cm³/mol. The number of likely N-dealkylation sites (N-methyl/N-ethyl adjacent to an activating group) is 1. The van der Waals surface area contributed by atoms with Gasteiger partial charge in [0.1, 0.15) is 11.6 Å². The van der Waals surface area contributed by atoms with Gasteiger partial charge in [-0.25, -0.2) is 4.39 Å². The van der Waals surface area contributed by atoms with E-state index in [0.29, 0.717) is 11.3 Å². The monoisotopic (exact) mass is 268 g/mol.